The molecule has 0 aliphatic carbocycles. The maximum absolute atomic E-state index is 9.66. The SMILES string of the molecule is CC=CC=CP=O. The van der Waals surface area contributed by atoms with E-state index in [1.807, 2.05) is 19.1 Å². The molecule has 38 valence electrons. The molecule has 0 fully saturated rings. The third-order valence-corrected chi connectivity index (χ3v) is 0.744. The third kappa shape index (κ3) is 5.58. The first-order valence-electron chi connectivity index (χ1n) is 2.02. The topological polar surface area (TPSA) is 17.1 Å². The maximum atomic E-state index is 9.66. The van der Waals surface area contributed by atoms with Crippen LogP contribution in [0.15, 0.2) is 24.0 Å². The molecule has 0 aromatic heterocycles. The molecule has 0 radical (unpaired) electrons. The molecule has 0 saturated carbocycles. The van der Waals surface area contributed by atoms with Gasteiger partial charge < -0.3 is 0 Å². The fraction of sp³-hybridized carbons (Fsp3) is 0.200. The molecular formula is C5H7OP. The van der Waals surface area contributed by atoms with Crippen molar-refractivity contribution < 1.29 is 4.57 Å². The van der Waals surface area contributed by atoms with Crippen LogP contribution in [0.5, 0.6) is 0 Å². The molecule has 0 spiro atoms. The molecule has 0 bridgehead atoms. The zero-order chi connectivity index (χ0) is 5.54. The number of hydrogen-bond acceptors (Lipinski definition) is 1. The van der Waals surface area contributed by atoms with Gasteiger partial charge in [0, 0.05) is 5.82 Å². The van der Waals surface area contributed by atoms with Crippen molar-refractivity contribution in [3.63, 3.8) is 0 Å². The largest absolute Gasteiger partial charge is 0.270 e. The van der Waals surface area contributed by atoms with Crippen molar-refractivity contribution in [3.05, 3.63) is 24.0 Å². The molecule has 0 aromatic rings. The second-order valence-electron chi connectivity index (χ2n) is 0.973. The van der Waals surface area contributed by atoms with E-state index in [2.05, 4.69) is 0 Å². The highest BCUT2D eigenvalue weighted by atomic mass is 31.1. The van der Waals surface area contributed by atoms with Crippen molar-refractivity contribution in [2.75, 3.05) is 0 Å². The van der Waals surface area contributed by atoms with Crippen LogP contribution in [0.4, 0.5) is 0 Å². The lowest BCUT2D eigenvalue weighted by Gasteiger charge is -1.61. The van der Waals surface area contributed by atoms with Gasteiger partial charge in [-0.25, -0.2) is 0 Å². The molecule has 7 heavy (non-hydrogen) atoms. The minimum Gasteiger partial charge on any atom is -0.270 e. The third-order valence-electron chi connectivity index (χ3n) is 0.450. The molecule has 0 heterocycles. The summed E-state index contributed by atoms with van der Waals surface area (Å²) in [5.41, 5.74) is 0. The van der Waals surface area contributed by atoms with E-state index < -0.39 is 0 Å². The molecule has 0 atom stereocenters. The standard InChI is InChI=1S/C5H7OP/c1-2-3-4-5-7-6/h2-5H,1H3. The van der Waals surface area contributed by atoms with Crippen molar-refractivity contribution in [3.8, 4) is 0 Å². The van der Waals surface area contributed by atoms with Crippen LogP contribution in [0.1, 0.15) is 6.92 Å². The summed E-state index contributed by atoms with van der Waals surface area (Å²) < 4.78 is 9.66. The molecule has 0 unspecified atom stereocenters. The molecule has 0 amide bonds. The Morgan fingerprint density at radius 3 is 2.57 bits per heavy atom. The molecule has 0 saturated heterocycles. The van der Waals surface area contributed by atoms with Crippen LogP contribution in [0.3, 0.4) is 0 Å². The van der Waals surface area contributed by atoms with E-state index in [1.165, 1.54) is 0 Å². The number of hydrogen-bond donors (Lipinski definition) is 0. The minimum absolute atomic E-state index is 0.0728. The summed E-state index contributed by atoms with van der Waals surface area (Å²) in [6, 6.07) is 0. The van der Waals surface area contributed by atoms with Crippen LogP contribution < -0.4 is 0 Å². The van der Waals surface area contributed by atoms with Gasteiger partial charge in [-0.2, -0.15) is 0 Å². The highest BCUT2D eigenvalue weighted by Gasteiger charge is 1.57. The van der Waals surface area contributed by atoms with Crippen molar-refractivity contribution in [1.82, 2.24) is 0 Å². The average molecular weight is 114 g/mol. The molecule has 0 rings (SSSR count). The lowest BCUT2D eigenvalue weighted by Crippen LogP contribution is -1.38. The van der Waals surface area contributed by atoms with Crippen LogP contribution >= 0.6 is 8.46 Å². The van der Waals surface area contributed by atoms with E-state index in [0.29, 0.717) is 0 Å². The van der Waals surface area contributed by atoms with Crippen molar-refractivity contribution in [2.45, 2.75) is 6.92 Å². The summed E-state index contributed by atoms with van der Waals surface area (Å²) in [5.74, 6) is 1.54. The minimum atomic E-state index is 0.0728. The van der Waals surface area contributed by atoms with Crippen molar-refractivity contribution in [2.24, 2.45) is 0 Å². The zero-order valence-electron chi connectivity index (χ0n) is 4.16. The molecule has 1 nitrogen and oxygen atoms in total. The van der Waals surface area contributed by atoms with Crippen LogP contribution in [0, 0.1) is 0 Å². The Morgan fingerprint density at radius 1 is 1.43 bits per heavy atom. The van der Waals surface area contributed by atoms with Gasteiger partial charge in [0.1, 0.15) is 0 Å². The molecular weight excluding hydrogens is 107 g/mol. The van der Waals surface area contributed by atoms with E-state index in [1.54, 1.807) is 11.9 Å². The van der Waals surface area contributed by atoms with E-state index in [4.69, 9.17) is 0 Å². The van der Waals surface area contributed by atoms with Gasteiger partial charge in [0.25, 0.3) is 0 Å². The van der Waals surface area contributed by atoms with Gasteiger partial charge in [0.05, 0.1) is 0 Å². The highest BCUT2D eigenvalue weighted by molar-refractivity contribution is 7.27. The van der Waals surface area contributed by atoms with Crippen LogP contribution in [-0.4, -0.2) is 0 Å². The predicted octanol–water partition coefficient (Wildman–Crippen LogP) is 2.37. The highest BCUT2D eigenvalue weighted by Crippen LogP contribution is 1.91. The number of allylic oxidation sites excluding steroid dienone is 3. The Bertz CT molecular complexity index is 94.3. The second-order valence-corrected chi connectivity index (χ2v) is 1.48. The lowest BCUT2D eigenvalue weighted by atomic mass is 10.5. The molecule has 0 aliphatic heterocycles. The van der Waals surface area contributed by atoms with Gasteiger partial charge in [0.2, 0.25) is 0 Å². The zero-order valence-corrected chi connectivity index (χ0v) is 5.06. The summed E-state index contributed by atoms with van der Waals surface area (Å²) in [6.45, 7) is 1.91. The monoisotopic (exact) mass is 114 g/mol. The van der Waals surface area contributed by atoms with Crippen LogP contribution in [-0.2, 0) is 4.57 Å². The average Bonchev–Trinajstić information content (AvgIpc) is 1.69. The molecule has 0 aromatic carbocycles. The Kier molecular flexibility index (Phi) is 5.25. The fourth-order valence-electron chi connectivity index (χ4n) is 0.196. The van der Waals surface area contributed by atoms with Gasteiger partial charge in [-0.3, -0.25) is 4.57 Å². The van der Waals surface area contributed by atoms with Gasteiger partial charge >= 0.3 is 0 Å². The van der Waals surface area contributed by atoms with Crippen molar-refractivity contribution in [1.29, 1.82) is 0 Å². The Labute approximate surface area is 44.9 Å². The van der Waals surface area contributed by atoms with Gasteiger partial charge in [-0.1, -0.05) is 18.2 Å². The maximum Gasteiger partial charge on any atom is 0.184 e. The number of rotatable bonds is 2. The van der Waals surface area contributed by atoms with E-state index in [-0.39, 0.29) is 8.46 Å². The predicted molar refractivity (Wildman–Crippen MR) is 31.6 cm³/mol. The molecule has 0 aliphatic rings. The van der Waals surface area contributed by atoms with Crippen molar-refractivity contribution >= 4 is 8.46 Å². The smallest absolute Gasteiger partial charge is 0.184 e. The Hall–Kier alpha value is -0.420. The summed E-state index contributed by atoms with van der Waals surface area (Å²) in [4.78, 5) is 0. The van der Waals surface area contributed by atoms with Gasteiger partial charge in [-0.05, 0) is 6.92 Å². The molecule has 0 N–H and O–H groups in total. The first-order valence-corrected chi connectivity index (χ1v) is 2.90. The van der Waals surface area contributed by atoms with Crippen LogP contribution in [0.2, 0.25) is 0 Å². The summed E-state index contributed by atoms with van der Waals surface area (Å²) in [6.07, 6.45) is 5.43. The van der Waals surface area contributed by atoms with Crippen LogP contribution in [0.25, 0.3) is 0 Å². The first-order chi connectivity index (χ1) is 3.41. The fourth-order valence-corrected chi connectivity index (χ4v) is 0.366. The molecule has 2 heteroatoms. The second kappa shape index (κ2) is 5.58. The van der Waals surface area contributed by atoms with E-state index in [0.717, 1.165) is 0 Å². The van der Waals surface area contributed by atoms with E-state index >= 15 is 0 Å². The quantitative estimate of drug-likeness (QED) is 0.398. The van der Waals surface area contributed by atoms with Gasteiger partial charge in [0.15, 0.2) is 8.46 Å². The summed E-state index contributed by atoms with van der Waals surface area (Å²) in [7, 11) is 0.0728. The summed E-state index contributed by atoms with van der Waals surface area (Å²) in [5, 5.41) is 0. The Balaban J connectivity index is 3.27. The summed E-state index contributed by atoms with van der Waals surface area (Å²) >= 11 is 0. The van der Waals surface area contributed by atoms with Gasteiger partial charge in [-0.15, -0.1) is 0 Å². The normalized spacial score (nSPS) is 12.1. The van der Waals surface area contributed by atoms with E-state index in [9.17, 15) is 4.57 Å². The lowest BCUT2D eigenvalue weighted by molar-refractivity contribution is 0.603. The Morgan fingerprint density at radius 2 is 2.14 bits per heavy atom. The first kappa shape index (κ1) is 6.58.